The predicted molar refractivity (Wildman–Crippen MR) is 111 cm³/mol. The van der Waals surface area contributed by atoms with Crippen molar-refractivity contribution in [3.8, 4) is 11.5 Å². The fourth-order valence-corrected chi connectivity index (χ4v) is 3.46. The smallest absolute Gasteiger partial charge is 0.294 e. The standard InChI is InChI=1S/C20H24ClN3O5/c1-28-17-3-5-18(6-4-17)29-14-16(25)13-22-8-10-23(11-9-22)19-7-2-15(21)12-20(19)24(26)27/h2-7,12,16,25H,8-11,13-14H2,1H3. The second kappa shape index (κ2) is 9.78. The van der Waals surface area contributed by atoms with Crippen molar-refractivity contribution in [1.82, 2.24) is 4.90 Å². The molecule has 1 unspecified atom stereocenters. The molecule has 1 aliphatic heterocycles. The molecule has 0 amide bonds. The van der Waals surface area contributed by atoms with Gasteiger partial charge in [0.05, 0.1) is 12.0 Å². The molecule has 3 rings (SSSR count). The normalized spacial score (nSPS) is 15.8. The van der Waals surface area contributed by atoms with Crippen molar-refractivity contribution in [3.63, 3.8) is 0 Å². The van der Waals surface area contributed by atoms with Gasteiger partial charge in [-0.05, 0) is 36.4 Å². The van der Waals surface area contributed by atoms with E-state index in [0.29, 0.717) is 49.2 Å². The Kier molecular flexibility index (Phi) is 7.13. The van der Waals surface area contributed by atoms with Gasteiger partial charge in [-0.2, -0.15) is 0 Å². The topological polar surface area (TPSA) is 88.3 Å². The Morgan fingerprint density at radius 2 is 1.79 bits per heavy atom. The predicted octanol–water partition coefficient (Wildman–Crippen LogP) is 2.82. The van der Waals surface area contributed by atoms with E-state index in [9.17, 15) is 15.2 Å². The third-order valence-corrected chi connectivity index (χ3v) is 5.05. The average molecular weight is 422 g/mol. The summed E-state index contributed by atoms with van der Waals surface area (Å²) in [5, 5.41) is 21.9. The lowest BCUT2D eigenvalue weighted by atomic mass is 10.2. The molecular weight excluding hydrogens is 398 g/mol. The van der Waals surface area contributed by atoms with Crippen LogP contribution in [-0.2, 0) is 0 Å². The van der Waals surface area contributed by atoms with E-state index in [1.54, 1.807) is 43.5 Å². The summed E-state index contributed by atoms with van der Waals surface area (Å²) in [6.07, 6.45) is -0.631. The number of ether oxygens (including phenoxy) is 2. The number of rotatable bonds is 8. The van der Waals surface area contributed by atoms with Gasteiger partial charge in [0.15, 0.2) is 0 Å². The molecule has 29 heavy (non-hydrogen) atoms. The molecular formula is C20H24ClN3O5. The molecule has 8 nitrogen and oxygen atoms in total. The minimum atomic E-state index is -0.631. The van der Waals surface area contributed by atoms with Crippen molar-refractivity contribution < 1.29 is 19.5 Å². The first-order valence-electron chi connectivity index (χ1n) is 9.32. The maximum atomic E-state index is 11.3. The van der Waals surface area contributed by atoms with Crippen molar-refractivity contribution in [3.05, 3.63) is 57.6 Å². The van der Waals surface area contributed by atoms with Gasteiger partial charge in [0.25, 0.3) is 5.69 Å². The second-order valence-corrected chi connectivity index (χ2v) is 7.25. The van der Waals surface area contributed by atoms with Crippen molar-refractivity contribution >= 4 is 23.0 Å². The molecule has 0 bridgehead atoms. The van der Waals surface area contributed by atoms with E-state index >= 15 is 0 Å². The quantitative estimate of drug-likeness (QED) is 0.518. The fraction of sp³-hybridized carbons (Fsp3) is 0.400. The molecule has 2 aromatic carbocycles. The van der Waals surface area contributed by atoms with E-state index in [2.05, 4.69) is 4.90 Å². The monoisotopic (exact) mass is 421 g/mol. The minimum absolute atomic E-state index is 0.0128. The van der Waals surface area contributed by atoms with Crippen LogP contribution in [0.3, 0.4) is 0 Å². The Balaban J connectivity index is 1.47. The zero-order valence-electron chi connectivity index (χ0n) is 16.2. The highest BCUT2D eigenvalue weighted by atomic mass is 35.5. The molecule has 0 saturated carbocycles. The summed E-state index contributed by atoms with van der Waals surface area (Å²) in [5.74, 6) is 1.42. The number of benzene rings is 2. The van der Waals surface area contributed by atoms with Crippen LogP contribution in [0, 0.1) is 10.1 Å². The highest BCUT2D eigenvalue weighted by Gasteiger charge is 2.25. The van der Waals surface area contributed by atoms with Gasteiger partial charge in [-0.1, -0.05) is 11.6 Å². The Morgan fingerprint density at radius 1 is 1.14 bits per heavy atom. The number of aliphatic hydroxyl groups excluding tert-OH is 1. The highest BCUT2D eigenvalue weighted by molar-refractivity contribution is 6.30. The summed E-state index contributed by atoms with van der Waals surface area (Å²) >= 11 is 5.89. The molecule has 1 heterocycles. The van der Waals surface area contributed by atoms with E-state index < -0.39 is 11.0 Å². The number of nitro benzene ring substituents is 1. The maximum absolute atomic E-state index is 11.3. The maximum Gasteiger partial charge on any atom is 0.294 e. The number of anilines is 1. The van der Waals surface area contributed by atoms with Crippen LogP contribution in [0.4, 0.5) is 11.4 Å². The summed E-state index contributed by atoms with van der Waals surface area (Å²) in [4.78, 5) is 15.0. The summed E-state index contributed by atoms with van der Waals surface area (Å²) in [6.45, 7) is 3.32. The first-order valence-corrected chi connectivity index (χ1v) is 9.70. The Hall–Kier alpha value is -2.55. The van der Waals surface area contributed by atoms with Gasteiger partial charge in [0.2, 0.25) is 0 Å². The number of hydrogen-bond acceptors (Lipinski definition) is 7. The van der Waals surface area contributed by atoms with E-state index in [-0.39, 0.29) is 12.3 Å². The first-order chi connectivity index (χ1) is 14.0. The lowest BCUT2D eigenvalue weighted by molar-refractivity contribution is -0.384. The van der Waals surface area contributed by atoms with Gasteiger partial charge >= 0.3 is 0 Å². The van der Waals surface area contributed by atoms with Gasteiger partial charge in [0.1, 0.15) is 29.9 Å². The highest BCUT2D eigenvalue weighted by Crippen LogP contribution is 2.31. The van der Waals surface area contributed by atoms with Gasteiger partial charge in [-0.15, -0.1) is 0 Å². The van der Waals surface area contributed by atoms with Crippen molar-refractivity contribution in [1.29, 1.82) is 0 Å². The molecule has 156 valence electrons. The lowest BCUT2D eigenvalue weighted by Gasteiger charge is -2.36. The first kappa shape index (κ1) is 21.2. The third kappa shape index (κ3) is 5.72. The van der Waals surface area contributed by atoms with Crippen LogP contribution >= 0.6 is 11.6 Å². The molecule has 0 radical (unpaired) electrons. The molecule has 1 aliphatic rings. The van der Waals surface area contributed by atoms with Crippen LogP contribution in [0.2, 0.25) is 5.02 Å². The van der Waals surface area contributed by atoms with Crippen molar-refractivity contribution in [2.75, 3.05) is 51.3 Å². The SMILES string of the molecule is COc1ccc(OCC(O)CN2CCN(c3ccc(Cl)cc3[N+](=O)[O-])CC2)cc1. The van der Waals surface area contributed by atoms with E-state index in [1.807, 2.05) is 4.90 Å². The molecule has 1 N–H and O–H groups in total. The number of β-amino-alcohol motifs (C(OH)–C–C–N with tert-alkyl or cyclic N) is 1. The lowest BCUT2D eigenvalue weighted by Crippen LogP contribution is -2.49. The molecule has 0 aliphatic carbocycles. The largest absolute Gasteiger partial charge is 0.497 e. The molecule has 1 saturated heterocycles. The van der Waals surface area contributed by atoms with Gasteiger partial charge in [0, 0.05) is 43.8 Å². The van der Waals surface area contributed by atoms with Crippen LogP contribution in [0.1, 0.15) is 0 Å². The van der Waals surface area contributed by atoms with Gasteiger partial charge in [-0.25, -0.2) is 0 Å². The Bertz CT molecular complexity index is 825. The fourth-order valence-electron chi connectivity index (χ4n) is 3.30. The molecule has 1 fully saturated rings. The summed E-state index contributed by atoms with van der Waals surface area (Å²) < 4.78 is 10.7. The number of nitrogens with zero attached hydrogens (tertiary/aromatic N) is 3. The molecule has 1 atom stereocenters. The van der Waals surface area contributed by atoms with Gasteiger partial charge in [-0.3, -0.25) is 15.0 Å². The summed E-state index contributed by atoms with van der Waals surface area (Å²) in [5.41, 5.74) is 0.585. The molecule has 9 heteroatoms. The van der Waals surface area contributed by atoms with Crippen LogP contribution in [0.25, 0.3) is 0 Å². The van der Waals surface area contributed by atoms with Crippen LogP contribution in [-0.4, -0.2) is 67.5 Å². The molecule has 0 aromatic heterocycles. The van der Waals surface area contributed by atoms with E-state index in [0.717, 1.165) is 5.75 Å². The molecule has 2 aromatic rings. The van der Waals surface area contributed by atoms with Crippen LogP contribution in [0.15, 0.2) is 42.5 Å². The molecule has 0 spiro atoms. The number of hydrogen-bond donors (Lipinski definition) is 1. The summed E-state index contributed by atoms with van der Waals surface area (Å²) in [6, 6.07) is 11.9. The van der Waals surface area contributed by atoms with Gasteiger partial charge < -0.3 is 19.5 Å². The summed E-state index contributed by atoms with van der Waals surface area (Å²) in [7, 11) is 1.60. The van der Waals surface area contributed by atoms with Crippen LogP contribution < -0.4 is 14.4 Å². The number of piperazine rings is 1. The Labute approximate surface area is 174 Å². The van der Waals surface area contributed by atoms with Crippen molar-refractivity contribution in [2.45, 2.75) is 6.10 Å². The van der Waals surface area contributed by atoms with Crippen LogP contribution in [0.5, 0.6) is 11.5 Å². The number of aliphatic hydroxyl groups is 1. The number of methoxy groups -OCH3 is 1. The zero-order valence-corrected chi connectivity index (χ0v) is 16.9. The third-order valence-electron chi connectivity index (χ3n) is 4.82. The zero-order chi connectivity index (χ0) is 20.8. The van der Waals surface area contributed by atoms with Crippen molar-refractivity contribution in [2.24, 2.45) is 0 Å². The van der Waals surface area contributed by atoms with E-state index in [1.165, 1.54) is 6.07 Å². The Morgan fingerprint density at radius 3 is 2.41 bits per heavy atom. The number of nitro groups is 1. The number of halogens is 1. The minimum Gasteiger partial charge on any atom is -0.497 e. The second-order valence-electron chi connectivity index (χ2n) is 6.82. The average Bonchev–Trinajstić information content (AvgIpc) is 2.73. The van der Waals surface area contributed by atoms with E-state index in [4.69, 9.17) is 21.1 Å².